The molecule has 1 heterocycles. The normalized spacial score (nSPS) is 11.9. The SMILES string of the molecule is Cc1cc(-c2ccc3cc(F)cc(C(F)(F)F)c3n2)ccc1N. The summed E-state index contributed by atoms with van der Waals surface area (Å²) in [6, 6.07) is 9.61. The van der Waals surface area contributed by atoms with E-state index in [0.717, 1.165) is 11.6 Å². The van der Waals surface area contributed by atoms with Crippen LogP contribution in [0.15, 0.2) is 42.5 Å². The molecule has 0 fully saturated rings. The number of aromatic nitrogens is 1. The highest BCUT2D eigenvalue weighted by Crippen LogP contribution is 2.35. The van der Waals surface area contributed by atoms with Gasteiger partial charge in [0.15, 0.2) is 0 Å². The number of anilines is 1. The molecule has 23 heavy (non-hydrogen) atoms. The first-order valence-corrected chi connectivity index (χ1v) is 6.80. The number of fused-ring (bicyclic) bond motifs is 1. The van der Waals surface area contributed by atoms with E-state index in [2.05, 4.69) is 4.98 Å². The maximum atomic E-state index is 13.4. The maximum Gasteiger partial charge on any atom is 0.418 e. The fourth-order valence-electron chi connectivity index (χ4n) is 2.41. The van der Waals surface area contributed by atoms with Crippen LogP contribution in [0.3, 0.4) is 0 Å². The van der Waals surface area contributed by atoms with Crippen molar-refractivity contribution in [1.29, 1.82) is 0 Å². The maximum absolute atomic E-state index is 13.4. The van der Waals surface area contributed by atoms with Gasteiger partial charge in [-0.2, -0.15) is 13.2 Å². The van der Waals surface area contributed by atoms with E-state index in [1.54, 1.807) is 31.2 Å². The van der Waals surface area contributed by atoms with E-state index in [9.17, 15) is 17.6 Å². The second-order valence-electron chi connectivity index (χ2n) is 5.29. The Morgan fingerprint density at radius 2 is 1.74 bits per heavy atom. The first kappa shape index (κ1) is 15.3. The predicted octanol–water partition coefficient (Wildman–Crippen LogP) is 4.95. The van der Waals surface area contributed by atoms with Gasteiger partial charge >= 0.3 is 6.18 Å². The van der Waals surface area contributed by atoms with E-state index >= 15 is 0 Å². The van der Waals surface area contributed by atoms with Gasteiger partial charge in [0.2, 0.25) is 0 Å². The van der Waals surface area contributed by atoms with E-state index in [1.165, 1.54) is 6.07 Å². The summed E-state index contributed by atoms with van der Waals surface area (Å²) in [4.78, 5) is 4.10. The van der Waals surface area contributed by atoms with Gasteiger partial charge in [-0.3, -0.25) is 0 Å². The largest absolute Gasteiger partial charge is 0.418 e. The molecular formula is C17H12F4N2. The Hall–Kier alpha value is -2.63. The number of hydrogen-bond donors (Lipinski definition) is 1. The van der Waals surface area contributed by atoms with Crippen LogP contribution in [0.4, 0.5) is 23.2 Å². The van der Waals surface area contributed by atoms with Gasteiger partial charge in [0.25, 0.3) is 0 Å². The lowest BCUT2D eigenvalue weighted by Gasteiger charge is -2.12. The number of aryl methyl sites for hydroxylation is 1. The number of rotatable bonds is 1. The van der Waals surface area contributed by atoms with Gasteiger partial charge in [0, 0.05) is 16.6 Å². The Bertz CT molecular complexity index is 901. The number of nitrogen functional groups attached to an aromatic ring is 1. The average Bonchev–Trinajstić information content (AvgIpc) is 2.48. The number of hydrogen-bond acceptors (Lipinski definition) is 2. The van der Waals surface area contributed by atoms with Gasteiger partial charge in [-0.15, -0.1) is 0 Å². The Morgan fingerprint density at radius 1 is 1.00 bits per heavy atom. The number of nitrogens with zero attached hydrogens (tertiary/aromatic N) is 1. The molecule has 2 N–H and O–H groups in total. The summed E-state index contributed by atoms with van der Waals surface area (Å²) < 4.78 is 52.8. The predicted molar refractivity (Wildman–Crippen MR) is 81.3 cm³/mol. The molecule has 0 saturated carbocycles. The second kappa shape index (κ2) is 5.22. The van der Waals surface area contributed by atoms with Crippen LogP contribution in [0, 0.1) is 12.7 Å². The van der Waals surface area contributed by atoms with Crippen molar-refractivity contribution in [3.63, 3.8) is 0 Å². The zero-order valence-electron chi connectivity index (χ0n) is 12.1. The summed E-state index contributed by atoms with van der Waals surface area (Å²) in [5.41, 5.74) is 6.81. The molecule has 6 heteroatoms. The van der Waals surface area contributed by atoms with Crippen LogP contribution in [0.2, 0.25) is 0 Å². The molecule has 3 rings (SSSR count). The minimum absolute atomic E-state index is 0.105. The molecule has 0 unspecified atom stereocenters. The van der Waals surface area contributed by atoms with E-state index in [0.29, 0.717) is 23.0 Å². The van der Waals surface area contributed by atoms with Crippen molar-refractivity contribution in [3.8, 4) is 11.3 Å². The third-order valence-electron chi connectivity index (χ3n) is 3.63. The van der Waals surface area contributed by atoms with Crippen molar-refractivity contribution < 1.29 is 17.6 Å². The summed E-state index contributed by atoms with van der Waals surface area (Å²) in [5, 5.41) is 0.105. The van der Waals surface area contributed by atoms with Crippen molar-refractivity contribution in [2.24, 2.45) is 0 Å². The highest BCUT2D eigenvalue weighted by atomic mass is 19.4. The molecule has 0 atom stereocenters. The van der Waals surface area contributed by atoms with Crippen molar-refractivity contribution in [2.75, 3.05) is 5.73 Å². The number of halogens is 4. The average molecular weight is 320 g/mol. The van der Waals surface area contributed by atoms with Gasteiger partial charge in [-0.05, 0) is 42.8 Å². The molecule has 1 aromatic heterocycles. The molecule has 0 amide bonds. The third kappa shape index (κ3) is 2.84. The summed E-state index contributed by atoms with van der Waals surface area (Å²) >= 11 is 0. The minimum atomic E-state index is -4.68. The van der Waals surface area contributed by atoms with Crippen LogP contribution >= 0.6 is 0 Å². The van der Waals surface area contributed by atoms with Crippen LogP contribution in [0.1, 0.15) is 11.1 Å². The van der Waals surface area contributed by atoms with Crippen LogP contribution in [0.25, 0.3) is 22.2 Å². The molecule has 0 radical (unpaired) electrons. The number of alkyl halides is 3. The molecule has 3 aromatic rings. The highest BCUT2D eigenvalue weighted by Gasteiger charge is 2.34. The minimum Gasteiger partial charge on any atom is -0.399 e. The summed E-state index contributed by atoms with van der Waals surface area (Å²) in [5.74, 6) is -0.942. The second-order valence-corrected chi connectivity index (χ2v) is 5.29. The third-order valence-corrected chi connectivity index (χ3v) is 3.63. The smallest absolute Gasteiger partial charge is 0.399 e. The molecule has 0 spiro atoms. The molecule has 0 aliphatic carbocycles. The number of pyridine rings is 1. The lowest BCUT2D eigenvalue weighted by molar-refractivity contribution is -0.136. The van der Waals surface area contributed by atoms with Gasteiger partial charge in [-0.25, -0.2) is 9.37 Å². The fraction of sp³-hybridized carbons (Fsp3) is 0.118. The fourth-order valence-corrected chi connectivity index (χ4v) is 2.41. The lowest BCUT2D eigenvalue weighted by Crippen LogP contribution is -2.07. The van der Waals surface area contributed by atoms with E-state index in [-0.39, 0.29) is 10.9 Å². The van der Waals surface area contributed by atoms with Crippen molar-refractivity contribution in [2.45, 2.75) is 13.1 Å². The van der Waals surface area contributed by atoms with Gasteiger partial charge < -0.3 is 5.73 Å². The standard InChI is InChI=1S/C17H12F4N2/c1-9-6-10(2-4-14(9)22)15-5-3-11-7-12(18)8-13(16(11)23-15)17(19,20)21/h2-8H,22H2,1H3. The zero-order chi connectivity index (χ0) is 16.8. The molecular weight excluding hydrogens is 308 g/mol. The van der Waals surface area contributed by atoms with Crippen LogP contribution in [-0.2, 0) is 6.18 Å². The first-order chi connectivity index (χ1) is 10.8. The molecule has 0 saturated heterocycles. The molecule has 0 aliphatic rings. The first-order valence-electron chi connectivity index (χ1n) is 6.80. The molecule has 118 valence electrons. The molecule has 0 bridgehead atoms. The highest BCUT2D eigenvalue weighted by molar-refractivity contribution is 5.85. The Morgan fingerprint density at radius 3 is 2.39 bits per heavy atom. The topological polar surface area (TPSA) is 38.9 Å². The van der Waals surface area contributed by atoms with E-state index in [1.807, 2.05) is 0 Å². The number of nitrogens with two attached hydrogens (primary N) is 1. The quantitative estimate of drug-likeness (QED) is 0.509. The Labute approximate surface area is 129 Å². The van der Waals surface area contributed by atoms with E-state index in [4.69, 9.17) is 5.73 Å². The van der Waals surface area contributed by atoms with Gasteiger partial charge in [0.1, 0.15) is 5.82 Å². The summed E-state index contributed by atoms with van der Waals surface area (Å²) in [6.07, 6.45) is -4.68. The molecule has 2 aromatic carbocycles. The monoisotopic (exact) mass is 320 g/mol. The van der Waals surface area contributed by atoms with Crippen LogP contribution in [-0.4, -0.2) is 4.98 Å². The summed E-state index contributed by atoms with van der Waals surface area (Å²) in [6.45, 7) is 1.80. The van der Waals surface area contributed by atoms with E-state index < -0.39 is 17.6 Å². The van der Waals surface area contributed by atoms with Crippen molar-refractivity contribution in [3.05, 3.63) is 59.4 Å². The van der Waals surface area contributed by atoms with Crippen LogP contribution in [0.5, 0.6) is 0 Å². The molecule has 2 nitrogen and oxygen atoms in total. The lowest BCUT2D eigenvalue weighted by atomic mass is 10.0. The molecule has 0 aliphatic heterocycles. The Balaban J connectivity index is 2.25. The zero-order valence-corrected chi connectivity index (χ0v) is 12.1. The summed E-state index contributed by atoms with van der Waals surface area (Å²) in [7, 11) is 0. The van der Waals surface area contributed by atoms with Crippen LogP contribution < -0.4 is 5.73 Å². The van der Waals surface area contributed by atoms with Crippen molar-refractivity contribution >= 4 is 16.6 Å². The Kier molecular flexibility index (Phi) is 3.47. The van der Waals surface area contributed by atoms with Gasteiger partial charge in [0.05, 0.1) is 16.8 Å². The number of benzene rings is 2. The van der Waals surface area contributed by atoms with Gasteiger partial charge in [-0.1, -0.05) is 12.1 Å². The van der Waals surface area contributed by atoms with Crippen molar-refractivity contribution in [1.82, 2.24) is 4.98 Å².